The molecule has 0 radical (unpaired) electrons. The van der Waals surface area contributed by atoms with Gasteiger partial charge < -0.3 is 5.73 Å². The number of rotatable bonds is 7. The Kier molecular flexibility index (Phi) is 5.64. The molecule has 0 aromatic rings. The van der Waals surface area contributed by atoms with Crippen LogP contribution in [-0.2, 0) is 0 Å². The fourth-order valence-electron chi connectivity index (χ4n) is 2.96. The summed E-state index contributed by atoms with van der Waals surface area (Å²) in [6.45, 7) is 10.0. The Morgan fingerprint density at radius 3 is 2.56 bits per heavy atom. The molecule has 3 heteroatoms. The third-order valence-corrected chi connectivity index (χ3v) is 4.62. The van der Waals surface area contributed by atoms with Crippen molar-refractivity contribution >= 4 is 5.84 Å². The van der Waals surface area contributed by atoms with Crippen LogP contribution in [0.15, 0.2) is 0 Å². The lowest BCUT2D eigenvalue weighted by Crippen LogP contribution is -2.35. The molecule has 0 aromatic carbocycles. The van der Waals surface area contributed by atoms with E-state index in [1.165, 1.54) is 38.6 Å². The number of nitrogens with one attached hydrogen (secondary N) is 1. The van der Waals surface area contributed by atoms with Gasteiger partial charge in [0.25, 0.3) is 0 Å². The number of hydrogen-bond acceptors (Lipinski definition) is 2. The summed E-state index contributed by atoms with van der Waals surface area (Å²) in [6, 6.07) is 1.57. The lowest BCUT2D eigenvalue weighted by atomic mass is 9.86. The Labute approximate surface area is 113 Å². The van der Waals surface area contributed by atoms with Gasteiger partial charge in [0.05, 0.1) is 5.84 Å². The highest BCUT2D eigenvalue weighted by molar-refractivity contribution is 5.82. The van der Waals surface area contributed by atoms with Crippen LogP contribution in [0.5, 0.6) is 0 Å². The molecule has 0 saturated carbocycles. The van der Waals surface area contributed by atoms with Gasteiger partial charge >= 0.3 is 0 Å². The maximum Gasteiger partial charge on any atom is 0.0963 e. The van der Waals surface area contributed by atoms with Crippen molar-refractivity contribution < 1.29 is 0 Å². The van der Waals surface area contributed by atoms with E-state index in [0.29, 0.717) is 5.84 Å². The number of hydrogen-bond donors (Lipinski definition) is 2. The molecule has 106 valence electrons. The van der Waals surface area contributed by atoms with Gasteiger partial charge in [-0.25, -0.2) is 0 Å². The van der Waals surface area contributed by atoms with Crippen molar-refractivity contribution in [3.63, 3.8) is 0 Å². The van der Waals surface area contributed by atoms with E-state index >= 15 is 0 Å². The van der Waals surface area contributed by atoms with Crippen molar-refractivity contribution in [2.75, 3.05) is 6.54 Å². The van der Waals surface area contributed by atoms with E-state index < -0.39 is 0 Å². The fourth-order valence-corrected chi connectivity index (χ4v) is 2.96. The summed E-state index contributed by atoms with van der Waals surface area (Å²) >= 11 is 0. The van der Waals surface area contributed by atoms with Crippen LogP contribution < -0.4 is 5.73 Å². The van der Waals surface area contributed by atoms with Gasteiger partial charge in [-0.2, -0.15) is 0 Å². The zero-order valence-corrected chi connectivity index (χ0v) is 12.6. The first-order valence-corrected chi connectivity index (χ1v) is 7.48. The van der Waals surface area contributed by atoms with Gasteiger partial charge in [-0.1, -0.05) is 27.2 Å². The summed E-state index contributed by atoms with van der Waals surface area (Å²) in [7, 11) is 0. The Hall–Kier alpha value is -0.570. The molecule has 3 nitrogen and oxygen atoms in total. The number of nitrogens with two attached hydrogens (primary N) is 1. The predicted octanol–water partition coefficient (Wildman–Crippen LogP) is 3.38. The van der Waals surface area contributed by atoms with Crippen LogP contribution in [0.2, 0.25) is 0 Å². The van der Waals surface area contributed by atoms with Crippen molar-refractivity contribution in [1.29, 1.82) is 5.41 Å². The minimum absolute atomic E-state index is 0.124. The summed E-state index contributed by atoms with van der Waals surface area (Å²) in [5.74, 6) is 0.323. The molecule has 1 aliphatic rings. The Bertz CT molecular complexity index is 273. The number of amidine groups is 1. The molecule has 0 aliphatic carbocycles. The van der Waals surface area contributed by atoms with Crippen molar-refractivity contribution in [2.24, 2.45) is 11.1 Å². The van der Waals surface area contributed by atoms with Crippen LogP contribution in [0, 0.1) is 10.8 Å². The molecular weight excluding hydrogens is 222 g/mol. The fraction of sp³-hybridized carbons (Fsp3) is 0.933. The Balaban J connectivity index is 2.27. The van der Waals surface area contributed by atoms with Gasteiger partial charge in [-0.3, -0.25) is 10.3 Å². The molecule has 0 aromatic heterocycles. The molecule has 1 saturated heterocycles. The summed E-state index contributed by atoms with van der Waals surface area (Å²) in [4.78, 5) is 2.68. The second kappa shape index (κ2) is 6.55. The van der Waals surface area contributed by atoms with E-state index in [-0.39, 0.29) is 5.41 Å². The molecule has 18 heavy (non-hydrogen) atoms. The average Bonchev–Trinajstić information content (AvgIpc) is 2.65. The van der Waals surface area contributed by atoms with Gasteiger partial charge in [-0.15, -0.1) is 0 Å². The zero-order chi connectivity index (χ0) is 13.8. The number of likely N-dealkylation sites (tertiary alicyclic amines) is 1. The Morgan fingerprint density at radius 1 is 1.33 bits per heavy atom. The molecule has 0 spiro atoms. The summed E-state index contributed by atoms with van der Waals surface area (Å²) in [5.41, 5.74) is 5.49. The molecule has 1 heterocycles. The minimum Gasteiger partial charge on any atom is -0.387 e. The van der Waals surface area contributed by atoms with Crippen molar-refractivity contribution in [2.45, 2.75) is 78.3 Å². The lowest BCUT2D eigenvalue weighted by molar-refractivity contribution is 0.192. The zero-order valence-electron chi connectivity index (χ0n) is 12.6. The first-order chi connectivity index (χ1) is 8.38. The molecule has 1 rings (SSSR count). The van der Waals surface area contributed by atoms with E-state index in [2.05, 4.69) is 32.6 Å². The molecule has 0 bridgehead atoms. The quantitative estimate of drug-likeness (QED) is 0.415. The molecule has 3 N–H and O–H groups in total. The smallest absolute Gasteiger partial charge is 0.0963 e. The second-order valence-corrected chi connectivity index (χ2v) is 6.48. The standard InChI is InChI=1S/C15H31N3/c1-5-13-9-8-12(2)18(13)11-7-6-10-15(3,4)14(16)17/h12-13H,5-11H2,1-4H3,(H3,16,17). The van der Waals surface area contributed by atoms with Crippen LogP contribution in [0.3, 0.4) is 0 Å². The van der Waals surface area contributed by atoms with E-state index in [1.807, 2.05) is 0 Å². The van der Waals surface area contributed by atoms with Crippen LogP contribution >= 0.6 is 0 Å². The maximum absolute atomic E-state index is 7.56. The third kappa shape index (κ3) is 3.98. The first-order valence-electron chi connectivity index (χ1n) is 7.48. The average molecular weight is 253 g/mol. The molecule has 2 unspecified atom stereocenters. The highest BCUT2D eigenvalue weighted by Gasteiger charge is 2.28. The van der Waals surface area contributed by atoms with E-state index in [4.69, 9.17) is 11.1 Å². The topological polar surface area (TPSA) is 53.1 Å². The minimum atomic E-state index is -0.124. The SMILES string of the molecule is CCC1CCC(C)N1CCCCC(C)(C)C(=N)N. The van der Waals surface area contributed by atoms with Crippen LogP contribution in [0.1, 0.15) is 66.2 Å². The Morgan fingerprint density at radius 2 is 2.00 bits per heavy atom. The van der Waals surface area contributed by atoms with Gasteiger partial charge in [0.15, 0.2) is 0 Å². The van der Waals surface area contributed by atoms with Crippen LogP contribution in [0.4, 0.5) is 0 Å². The highest BCUT2D eigenvalue weighted by atomic mass is 15.2. The largest absolute Gasteiger partial charge is 0.387 e. The van der Waals surface area contributed by atoms with Gasteiger partial charge in [0.1, 0.15) is 0 Å². The van der Waals surface area contributed by atoms with E-state index in [1.54, 1.807) is 0 Å². The van der Waals surface area contributed by atoms with Crippen molar-refractivity contribution in [3.05, 3.63) is 0 Å². The summed E-state index contributed by atoms with van der Waals surface area (Å²) in [6.07, 6.45) is 7.45. The highest BCUT2D eigenvalue weighted by Crippen LogP contribution is 2.27. The molecular formula is C15H31N3. The van der Waals surface area contributed by atoms with Gasteiger partial charge in [0.2, 0.25) is 0 Å². The molecule has 1 aliphatic heterocycles. The monoisotopic (exact) mass is 253 g/mol. The number of nitrogens with zero attached hydrogens (tertiary/aromatic N) is 1. The van der Waals surface area contributed by atoms with Crippen LogP contribution in [0.25, 0.3) is 0 Å². The third-order valence-electron chi connectivity index (χ3n) is 4.62. The van der Waals surface area contributed by atoms with E-state index in [0.717, 1.165) is 18.5 Å². The molecule has 1 fully saturated rings. The molecule has 0 amide bonds. The maximum atomic E-state index is 7.56. The molecule has 2 atom stereocenters. The van der Waals surface area contributed by atoms with Crippen LogP contribution in [-0.4, -0.2) is 29.4 Å². The van der Waals surface area contributed by atoms with Crippen molar-refractivity contribution in [3.8, 4) is 0 Å². The first kappa shape index (κ1) is 15.5. The normalized spacial score (nSPS) is 25.6. The van der Waals surface area contributed by atoms with E-state index in [9.17, 15) is 0 Å². The summed E-state index contributed by atoms with van der Waals surface area (Å²) < 4.78 is 0. The predicted molar refractivity (Wildman–Crippen MR) is 79.0 cm³/mol. The lowest BCUT2D eigenvalue weighted by Gasteiger charge is -2.28. The van der Waals surface area contributed by atoms with Gasteiger partial charge in [0, 0.05) is 17.5 Å². The summed E-state index contributed by atoms with van der Waals surface area (Å²) in [5, 5.41) is 7.56. The van der Waals surface area contributed by atoms with Crippen molar-refractivity contribution in [1.82, 2.24) is 4.90 Å². The number of unbranched alkanes of at least 4 members (excludes halogenated alkanes) is 1. The second-order valence-electron chi connectivity index (χ2n) is 6.48. The van der Waals surface area contributed by atoms with Gasteiger partial charge in [-0.05, 0) is 45.6 Å².